The van der Waals surface area contributed by atoms with Crippen LogP contribution in [-0.2, 0) is 4.79 Å². The highest BCUT2D eigenvalue weighted by atomic mass is 16.1. The second-order valence-corrected chi connectivity index (χ2v) is 5.13. The van der Waals surface area contributed by atoms with E-state index in [9.17, 15) is 4.79 Å². The fourth-order valence-electron chi connectivity index (χ4n) is 2.52. The first-order valence-corrected chi connectivity index (χ1v) is 6.89. The van der Waals surface area contributed by atoms with Crippen molar-refractivity contribution in [3.63, 3.8) is 0 Å². The van der Waals surface area contributed by atoms with Crippen molar-refractivity contribution in [1.29, 1.82) is 0 Å². The number of hydrogen-bond acceptors (Lipinski definition) is 3. The highest BCUT2D eigenvalue weighted by molar-refractivity contribution is 5.76. The van der Waals surface area contributed by atoms with Gasteiger partial charge in [-0.2, -0.15) is 0 Å². The zero-order valence-electron chi connectivity index (χ0n) is 11.2. The Hall–Kier alpha value is -0.610. The first-order valence-electron chi connectivity index (χ1n) is 6.89. The second-order valence-electron chi connectivity index (χ2n) is 5.13. The van der Waals surface area contributed by atoms with Crippen molar-refractivity contribution in [3.8, 4) is 0 Å². The molecule has 1 aliphatic rings. The van der Waals surface area contributed by atoms with Gasteiger partial charge in [0.05, 0.1) is 0 Å². The Morgan fingerprint density at radius 3 is 2.94 bits per heavy atom. The summed E-state index contributed by atoms with van der Waals surface area (Å²) in [5.74, 6) is 0.0741. The quantitative estimate of drug-likeness (QED) is 0.732. The highest BCUT2D eigenvalue weighted by Crippen LogP contribution is 2.18. The number of rotatable bonds is 6. The van der Waals surface area contributed by atoms with E-state index in [2.05, 4.69) is 17.1 Å². The Balaban J connectivity index is 2.18. The van der Waals surface area contributed by atoms with Crippen LogP contribution in [0.3, 0.4) is 0 Å². The summed E-state index contributed by atoms with van der Waals surface area (Å²) < 4.78 is 0. The summed E-state index contributed by atoms with van der Waals surface area (Å²) in [6, 6.07) is 0.669. The lowest BCUT2D eigenvalue weighted by Gasteiger charge is -2.35. The molecule has 1 amide bonds. The van der Waals surface area contributed by atoms with Crippen molar-refractivity contribution >= 4 is 5.91 Å². The van der Waals surface area contributed by atoms with Crippen LogP contribution in [0.4, 0.5) is 0 Å². The maximum atomic E-state index is 11.4. The van der Waals surface area contributed by atoms with Gasteiger partial charge in [0, 0.05) is 31.6 Å². The minimum absolute atomic E-state index is 0.0478. The minimum Gasteiger partial charge on any atom is -0.355 e. The molecule has 1 saturated heterocycles. The monoisotopic (exact) mass is 241 g/mol. The van der Waals surface area contributed by atoms with Gasteiger partial charge < -0.3 is 11.1 Å². The lowest BCUT2D eigenvalue weighted by Crippen LogP contribution is -2.44. The molecule has 0 aliphatic carbocycles. The Morgan fingerprint density at radius 1 is 1.53 bits per heavy atom. The number of nitrogens with two attached hydrogens (primary N) is 1. The summed E-state index contributed by atoms with van der Waals surface area (Å²) in [5.41, 5.74) is 5.58. The van der Waals surface area contributed by atoms with E-state index in [-0.39, 0.29) is 11.9 Å². The Labute approximate surface area is 105 Å². The third-order valence-electron chi connectivity index (χ3n) is 3.45. The molecule has 1 aliphatic heterocycles. The molecule has 0 radical (unpaired) electrons. The third-order valence-corrected chi connectivity index (χ3v) is 3.45. The normalized spacial score (nSPS) is 23.4. The van der Waals surface area contributed by atoms with Gasteiger partial charge >= 0.3 is 0 Å². The molecule has 0 bridgehead atoms. The van der Waals surface area contributed by atoms with Crippen molar-refractivity contribution in [2.45, 2.75) is 58.0 Å². The van der Waals surface area contributed by atoms with E-state index in [0.717, 1.165) is 13.1 Å². The van der Waals surface area contributed by atoms with Crippen LogP contribution < -0.4 is 11.1 Å². The average molecular weight is 241 g/mol. The van der Waals surface area contributed by atoms with Gasteiger partial charge in [-0.05, 0) is 32.7 Å². The minimum atomic E-state index is -0.0478. The molecule has 0 aromatic heterocycles. The molecule has 0 aromatic carbocycles. The summed E-state index contributed by atoms with van der Waals surface area (Å²) in [6.45, 7) is 7.02. The molecule has 1 rings (SSSR count). The SMILES string of the molecule is CCC1CCCCN1CCNC(=O)CC(C)N. The van der Waals surface area contributed by atoms with E-state index in [0.29, 0.717) is 12.5 Å². The van der Waals surface area contributed by atoms with Crippen LogP contribution >= 0.6 is 0 Å². The summed E-state index contributed by atoms with van der Waals surface area (Å²) in [6.07, 6.45) is 5.60. The molecule has 0 spiro atoms. The van der Waals surface area contributed by atoms with Crippen molar-refractivity contribution in [2.75, 3.05) is 19.6 Å². The van der Waals surface area contributed by atoms with E-state index in [1.54, 1.807) is 0 Å². The fourth-order valence-corrected chi connectivity index (χ4v) is 2.52. The van der Waals surface area contributed by atoms with Gasteiger partial charge in [0.2, 0.25) is 5.91 Å². The zero-order valence-corrected chi connectivity index (χ0v) is 11.2. The second kappa shape index (κ2) is 7.67. The molecule has 100 valence electrons. The molecule has 17 heavy (non-hydrogen) atoms. The van der Waals surface area contributed by atoms with Crippen LogP contribution in [0.15, 0.2) is 0 Å². The summed E-state index contributed by atoms with van der Waals surface area (Å²) in [4.78, 5) is 13.9. The van der Waals surface area contributed by atoms with Crippen LogP contribution in [0.1, 0.15) is 46.0 Å². The predicted octanol–water partition coefficient (Wildman–Crippen LogP) is 1.10. The predicted molar refractivity (Wildman–Crippen MR) is 70.8 cm³/mol. The van der Waals surface area contributed by atoms with Crippen LogP contribution in [-0.4, -0.2) is 42.5 Å². The van der Waals surface area contributed by atoms with Crippen LogP contribution in [0.5, 0.6) is 0 Å². The number of likely N-dealkylation sites (tertiary alicyclic amines) is 1. The topological polar surface area (TPSA) is 58.4 Å². The van der Waals surface area contributed by atoms with Crippen molar-refractivity contribution in [3.05, 3.63) is 0 Å². The lowest BCUT2D eigenvalue weighted by molar-refractivity contribution is -0.121. The Bertz CT molecular complexity index is 231. The smallest absolute Gasteiger partial charge is 0.221 e. The maximum absolute atomic E-state index is 11.4. The number of carbonyl (C=O) groups is 1. The molecule has 0 aromatic rings. The number of carbonyl (C=O) groups excluding carboxylic acids is 1. The van der Waals surface area contributed by atoms with Crippen molar-refractivity contribution < 1.29 is 4.79 Å². The van der Waals surface area contributed by atoms with Gasteiger partial charge in [0.25, 0.3) is 0 Å². The number of amides is 1. The Morgan fingerprint density at radius 2 is 2.29 bits per heavy atom. The molecule has 3 N–H and O–H groups in total. The fraction of sp³-hybridized carbons (Fsp3) is 0.923. The molecular weight excluding hydrogens is 214 g/mol. The Kier molecular flexibility index (Phi) is 6.52. The third kappa shape index (κ3) is 5.50. The lowest BCUT2D eigenvalue weighted by atomic mass is 10.0. The molecule has 0 saturated carbocycles. The molecule has 4 nitrogen and oxygen atoms in total. The summed E-state index contributed by atoms with van der Waals surface area (Å²) >= 11 is 0. The number of nitrogens with one attached hydrogen (secondary N) is 1. The summed E-state index contributed by atoms with van der Waals surface area (Å²) in [5, 5.41) is 2.95. The molecule has 1 heterocycles. The number of piperidine rings is 1. The first-order chi connectivity index (χ1) is 8.13. The molecule has 2 unspecified atom stereocenters. The molecule has 1 fully saturated rings. The van der Waals surface area contributed by atoms with Gasteiger partial charge in [0.15, 0.2) is 0 Å². The largest absolute Gasteiger partial charge is 0.355 e. The van der Waals surface area contributed by atoms with Gasteiger partial charge in [-0.15, -0.1) is 0 Å². The average Bonchev–Trinajstić information content (AvgIpc) is 2.28. The van der Waals surface area contributed by atoms with Gasteiger partial charge in [0.1, 0.15) is 0 Å². The molecular formula is C13H27N3O. The van der Waals surface area contributed by atoms with Crippen LogP contribution in [0, 0.1) is 0 Å². The van der Waals surface area contributed by atoms with Crippen molar-refractivity contribution in [1.82, 2.24) is 10.2 Å². The van der Waals surface area contributed by atoms with E-state index in [4.69, 9.17) is 5.73 Å². The molecule has 4 heteroatoms. The van der Waals surface area contributed by atoms with E-state index in [1.807, 2.05) is 6.92 Å². The standard InChI is InChI=1S/C13H27N3O/c1-3-12-6-4-5-8-16(12)9-7-15-13(17)10-11(2)14/h11-12H,3-10,14H2,1-2H3,(H,15,17). The highest BCUT2D eigenvalue weighted by Gasteiger charge is 2.20. The maximum Gasteiger partial charge on any atom is 0.221 e. The number of hydrogen-bond donors (Lipinski definition) is 2. The van der Waals surface area contributed by atoms with Crippen LogP contribution in [0.2, 0.25) is 0 Å². The van der Waals surface area contributed by atoms with E-state index in [1.165, 1.54) is 32.2 Å². The van der Waals surface area contributed by atoms with Gasteiger partial charge in [-0.25, -0.2) is 0 Å². The van der Waals surface area contributed by atoms with Gasteiger partial charge in [-0.3, -0.25) is 9.69 Å². The van der Waals surface area contributed by atoms with Gasteiger partial charge in [-0.1, -0.05) is 13.3 Å². The summed E-state index contributed by atoms with van der Waals surface area (Å²) in [7, 11) is 0. The van der Waals surface area contributed by atoms with E-state index < -0.39 is 0 Å². The zero-order chi connectivity index (χ0) is 12.7. The first kappa shape index (κ1) is 14.5. The number of nitrogens with zero attached hydrogens (tertiary/aromatic N) is 1. The van der Waals surface area contributed by atoms with Crippen LogP contribution in [0.25, 0.3) is 0 Å². The molecule has 2 atom stereocenters. The van der Waals surface area contributed by atoms with E-state index >= 15 is 0 Å². The van der Waals surface area contributed by atoms with Crippen molar-refractivity contribution in [2.24, 2.45) is 5.73 Å².